The summed E-state index contributed by atoms with van der Waals surface area (Å²) in [7, 11) is 1.65. The number of aliphatic hydroxyl groups excluding tert-OH is 1. The van der Waals surface area contributed by atoms with Crippen molar-refractivity contribution in [3.63, 3.8) is 0 Å². The second kappa shape index (κ2) is 7.57. The fraction of sp³-hybridized carbons (Fsp3) is 0.517. The molecule has 0 unspecified atom stereocenters. The van der Waals surface area contributed by atoms with Crippen molar-refractivity contribution in [1.82, 2.24) is 0 Å². The van der Waals surface area contributed by atoms with E-state index in [2.05, 4.69) is 20.8 Å². The molecule has 1 saturated carbocycles. The van der Waals surface area contributed by atoms with Crippen molar-refractivity contribution in [3.05, 3.63) is 53.5 Å². The van der Waals surface area contributed by atoms with Crippen molar-refractivity contribution in [3.8, 4) is 16.9 Å². The van der Waals surface area contributed by atoms with Gasteiger partial charge in [-0.1, -0.05) is 33.8 Å². The Kier molecular flexibility index (Phi) is 5.16. The molecule has 0 saturated heterocycles. The van der Waals surface area contributed by atoms with Crippen molar-refractivity contribution in [2.75, 3.05) is 7.11 Å². The predicted molar refractivity (Wildman–Crippen MR) is 131 cm³/mol. The van der Waals surface area contributed by atoms with Crippen LogP contribution in [0.4, 0.5) is 0 Å². The van der Waals surface area contributed by atoms with E-state index in [1.807, 2.05) is 32.1 Å². The zero-order valence-corrected chi connectivity index (χ0v) is 21.5. The number of esters is 1. The first-order chi connectivity index (χ1) is 16.4. The van der Waals surface area contributed by atoms with E-state index >= 15 is 0 Å². The van der Waals surface area contributed by atoms with Crippen molar-refractivity contribution in [2.24, 2.45) is 22.7 Å². The normalized spacial score (nSPS) is 34.7. The molecule has 1 heterocycles. The summed E-state index contributed by atoms with van der Waals surface area (Å²) in [5.41, 5.74) is 3.22. The van der Waals surface area contributed by atoms with Gasteiger partial charge in [-0.25, -0.2) is 0 Å². The monoisotopic (exact) mass is 478 g/mol. The van der Waals surface area contributed by atoms with Crippen LogP contribution in [-0.4, -0.2) is 36.2 Å². The van der Waals surface area contributed by atoms with Crippen LogP contribution in [0.5, 0.6) is 5.75 Å². The molecule has 0 bridgehead atoms. The fourth-order valence-corrected chi connectivity index (χ4v) is 7.85. The number of aliphatic hydroxyl groups is 1. The van der Waals surface area contributed by atoms with Crippen LogP contribution in [0.2, 0.25) is 0 Å². The van der Waals surface area contributed by atoms with Gasteiger partial charge in [-0.05, 0) is 59.6 Å². The van der Waals surface area contributed by atoms with E-state index in [1.54, 1.807) is 25.7 Å². The highest BCUT2D eigenvalue weighted by molar-refractivity contribution is 5.96. The summed E-state index contributed by atoms with van der Waals surface area (Å²) in [6.07, 6.45) is 5.96. The third-order valence-electron chi connectivity index (χ3n) is 9.38. The molecule has 6 atom stereocenters. The maximum Gasteiger partial charge on any atom is 0.303 e. The molecule has 6 nitrogen and oxygen atoms in total. The van der Waals surface area contributed by atoms with Gasteiger partial charge in [0, 0.05) is 34.8 Å². The third-order valence-corrected chi connectivity index (χ3v) is 9.38. The number of methoxy groups -OCH3 is 1. The van der Waals surface area contributed by atoms with Gasteiger partial charge in [0.25, 0.3) is 0 Å². The number of fused-ring (bicyclic) bond motifs is 5. The second-order valence-corrected chi connectivity index (χ2v) is 11.4. The highest BCUT2D eigenvalue weighted by Crippen LogP contribution is 2.67. The lowest BCUT2D eigenvalue weighted by atomic mass is 9.43. The standard InChI is InChI=1S/C29H34O6/c1-15-18-12-21-28(5)10-8-22(31)27(3,4)25(28)24(32)26(35-16(2)30)29(21,6)19(18)13-20(33-7)23(15)17-9-11-34-14-17/h8-11,13-14,21,24-26,32H,12H2,1-7H3/t21-,24-,25+,26-,28-,29+/m1/s1. The Morgan fingerprint density at radius 3 is 2.54 bits per heavy atom. The van der Waals surface area contributed by atoms with Gasteiger partial charge in [0.1, 0.15) is 11.9 Å². The van der Waals surface area contributed by atoms with Crippen LogP contribution >= 0.6 is 0 Å². The first-order valence-corrected chi connectivity index (χ1v) is 12.2. The molecule has 5 rings (SSSR count). The van der Waals surface area contributed by atoms with Crippen molar-refractivity contribution in [2.45, 2.75) is 65.6 Å². The summed E-state index contributed by atoms with van der Waals surface area (Å²) in [6, 6.07) is 3.96. The number of rotatable bonds is 3. The average Bonchev–Trinajstić information content (AvgIpc) is 3.41. The Bertz CT molecular complexity index is 1240. The summed E-state index contributed by atoms with van der Waals surface area (Å²) >= 11 is 0. The summed E-state index contributed by atoms with van der Waals surface area (Å²) in [5.74, 6) is -0.156. The molecular weight excluding hydrogens is 444 g/mol. The summed E-state index contributed by atoms with van der Waals surface area (Å²) in [5, 5.41) is 11.9. The molecule has 0 aliphatic heterocycles. The number of hydrogen-bond donors (Lipinski definition) is 1. The van der Waals surface area contributed by atoms with Crippen LogP contribution in [0.1, 0.15) is 51.3 Å². The van der Waals surface area contributed by atoms with Gasteiger partial charge in [-0.15, -0.1) is 0 Å². The van der Waals surface area contributed by atoms with Gasteiger partial charge in [-0.2, -0.15) is 0 Å². The minimum atomic E-state index is -1.01. The molecule has 186 valence electrons. The Balaban J connectivity index is 1.79. The second-order valence-electron chi connectivity index (χ2n) is 11.4. The van der Waals surface area contributed by atoms with Crippen LogP contribution in [0.15, 0.2) is 41.2 Å². The SMILES string of the molecule is COc1cc2c(c(C)c1-c1ccoc1)C[C@@H]1[C@@]3(C)C=CC(=O)C(C)(C)[C@@H]3[C@@H](O)[C@@H](OC(C)=O)[C@@]21C. The Morgan fingerprint density at radius 1 is 1.23 bits per heavy atom. The number of benzene rings is 1. The lowest BCUT2D eigenvalue weighted by molar-refractivity contribution is -0.205. The number of allylic oxidation sites excluding steroid dienone is 2. The molecule has 2 aromatic rings. The van der Waals surface area contributed by atoms with E-state index in [0.717, 1.165) is 28.7 Å². The summed E-state index contributed by atoms with van der Waals surface area (Å²) in [4.78, 5) is 25.3. The van der Waals surface area contributed by atoms with Crippen LogP contribution in [0, 0.1) is 29.6 Å². The smallest absolute Gasteiger partial charge is 0.303 e. The third kappa shape index (κ3) is 2.98. The predicted octanol–water partition coefficient (Wildman–Crippen LogP) is 4.79. The molecule has 0 radical (unpaired) electrons. The molecule has 0 amide bonds. The largest absolute Gasteiger partial charge is 0.496 e. The van der Waals surface area contributed by atoms with E-state index in [4.69, 9.17) is 13.9 Å². The molecule has 1 fully saturated rings. The Hall–Kier alpha value is -2.86. The van der Waals surface area contributed by atoms with Crippen LogP contribution in [-0.2, 0) is 26.2 Å². The average molecular weight is 479 g/mol. The summed E-state index contributed by atoms with van der Waals surface area (Å²) in [6.45, 7) is 11.5. The molecule has 3 aliphatic rings. The Morgan fingerprint density at radius 2 is 1.94 bits per heavy atom. The molecule has 35 heavy (non-hydrogen) atoms. The number of carbonyl (C=O) groups is 2. The highest BCUT2D eigenvalue weighted by atomic mass is 16.6. The van der Waals surface area contributed by atoms with Crippen LogP contribution in [0.25, 0.3) is 11.1 Å². The number of carbonyl (C=O) groups excluding carboxylic acids is 2. The highest BCUT2D eigenvalue weighted by Gasteiger charge is 2.69. The van der Waals surface area contributed by atoms with Gasteiger partial charge < -0.3 is 19.0 Å². The van der Waals surface area contributed by atoms with E-state index in [1.165, 1.54) is 12.5 Å². The molecule has 1 aromatic heterocycles. The molecule has 0 spiro atoms. The summed E-state index contributed by atoms with van der Waals surface area (Å²) < 4.78 is 17.2. The van der Waals surface area contributed by atoms with Gasteiger partial charge in [0.05, 0.1) is 25.7 Å². The van der Waals surface area contributed by atoms with E-state index in [-0.39, 0.29) is 11.7 Å². The maximum atomic E-state index is 13.0. The van der Waals surface area contributed by atoms with E-state index in [0.29, 0.717) is 5.75 Å². The zero-order valence-electron chi connectivity index (χ0n) is 21.5. The first kappa shape index (κ1) is 23.9. The minimum absolute atomic E-state index is 0.00520. The lowest BCUT2D eigenvalue weighted by Crippen LogP contribution is -2.68. The van der Waals surface area contributed by atoms with Crippen LogP contribution < -0.4 is 4.74 Å². The maximum absolute atomic E-state index is 13.0. The fourth-order valence-electron chi connectivity index (χ4n) is 7.85. The molecule has 1 aromatic carbocycles. The van der Waals surface area contributed by atoms with Gasteiger partial charge in [0.15, 0.2) is 5.78 Å². The quantitative estimate of drug-likeness (QED) is 0.639. The molecule has 6 heteroatoms. The van der Waals surface area contributed by atoms with E-state index < -0.39 is 40.3 Å². The van der Waals surface area contributed by atoms with Crippen molar-refractivity contribution >= 4 is 11.8 Å². The van der Waals surface area contributed by atoms with Gasteiger partial charge in [-0.3, -0.25) is 9.59 Å². The first-order valence-electron chi connectivity index (χ1n) is 12.2. The van der Waals surface area contributed by atoms with Crippen LogP contribution in [0.3, 0.4) is 0 Å². The molecular formula is C29H34O6. The minimum Gasteiger partial charge on any atom is -0.496 e. The molecule has 3 aliphatic carbocycles. The van der Waals surface area contributed by atoms with E-state index in [9.17, 15) is 14.7 Å². The van der Waals surface area contributed by atoms with Gasteiger partial charge in [0.2, 0.25) is 0 Å². The molecule has 1 N–H and O–H groups in total. The van der Waals surface area contributed by atoms with Gasteiger partial charge >= 0.3 is 5.97 Å². The van der Waals surface area contributed by atoms with Crippen molar-refractivity contribution < 1.29 is 28.6 Å². The Labute approximate surface area is 206 Å². The number of hydrogen-bond acceptors (Lipinski definition) is 6. The topological polar surface area (TPSA) is 86.0 Å². The lowest BCUT2D eigenvalue weighted by Gasteiger charge is -2.62. The van der Waals surface area contributed by atoms with Crippen molar-refractivity contribution in [1.29, 1.82) is 0 Å². The number of furan rings is 1. The zero-order chi connectivity index (χ0) is 25.5. The number of ketones is 1. The number of ether oxygens (including phenoxy) is 2.